The van der Waals surface area contributed by atoms with E-state index in [2.05, 4.69) is 38.2 Å². The Morgan fingerprint density at radius 1 is 1.11 bits per heavy atom. The van der Waals surface area contributed by atoms with Gasteiger partial charge in [-0.05, 0) is 75.7 Å². The van der Waals surface area contributed by atoms with Crippen molar-refractivity contribution in [1.82, 2.24) is 5.32 Å². The number of rotatable bonds is 4. The second-order valence-electron chi connectivity index (χ2n) is 5.48. The molecule has 18 heavy (non-hydrogen) atoms. The van der Waals surface area contributed by atoms with Crippen LogP contribution in [0.15, 0.2) is 12.1 Å². The van der Waals surface area contributed by atoms with E-state index in [1.807, 2.05) is 0 Å². The molecule has 1 saturated heterocycles. The molecule has 0 atom stereocenters. The molecule has 1 aromatic carbocycles. The lowest BCUT2D eigenvalue weighted by atomic mass is 9.95. The summed E-state index contributed by atoms with van der Waals surface area (Å²) in [6.07, 6.45) is 3.79. The molecule has 0 unspecified atom stereocenters. The van der Waals surface area contributed by atoms with Crippen LogP contribution in [0, 0.1) is 26.7 Å². The number of aryl methyl sites for hydroxylation is 2. The van der Waals surface area contributed by atoms with Crippen molar-refractivity contribution in [3.63, 3.8) is 0 Å². The first-order valence-corrected chi connectivity index (χ1v) is 7.09. The summed E-state index contributed by atoms with van der Waals surface area (Å²) in [4.78, 5) is 0. The average molecular weight is 247 g/mol. The number of ether oxygens (including phenoxy) is 1. The van der Waals surface area contributed by atoms with Crippen molar-refractivity contribution >= 4 is 0 Å². The first-order valence-electron chi connectivity index (χ1n) is 7.09. The van der Waals surface area contributed by atoms with Crippen molar-refractivity contribution in [3.05, 3.63) is 28.8 Å². The van der Waals surface area contributed by atoms with Crippen molar-refractivity contribution in [2.45, 2.75) is 40.0 Å². The van der Waals surface area contributed by atoms with Gasteiger partial charge < -0.3 is 10.1 Å². The monoisotopic (exact) mass is 247 g/mol. The predicted octanol–water partition coefficient (Wildman–Crippen LogP) is 3.38. The second kappa shape index (κ2) is 6.24. The molecular formula is C16H25NO. The molecule has 100 valence electrons. The summed E-state index contributed by atoms with van der Waals surface area (Å²) in [5.74, 6) is 1.95. The van der Waals surface area contributed by atoms with Crippen molar-refractivity contribution < 1.29 is 4.74 Å². The quantitative estimate of drug-likeness (QED) is 0.880. The number of nitrogens with one attached hydrogen (secondary N) is 1. The van der Waals surface area contributed by atoms with E-state index in [0.29, 0.717) is 0 Å². The molecule has 1 aliphatic rings. The van der Waals surface area contributed by atoms with E-state index in [1.54, 1.807) is 0 Å². The second-order valence-corrected chi connectivity index (χ2v) is 5.48. The third-order valence-electron chi connectivity index (χ3n) is 4.10. The number of hydrogen-bond acceptors (Lipinski definition) is 2. The van der Waals surface area contributed by atoms with E-state index < -0.39 is 0 Å². The highest BCUT2D eigenvalue weighted by Crippen LogP contribution is 2.26. The minimum absolute atomic E-state index is 0.844. The average Bonchev–Trinajstić information content (AvgIpc) is 2.39. The van der Waals surface area contributed by atoms with Crippen LogP contribution in [0.25, 0.3) is 0 Å². The summed E-state index contributed by atoms with van der Waals surface area (Å²) in [5.41, 5.74) is 3.86. The Kier molecular flexibility index (Phi) is 4.65. The van der Waals surface area contributed by atoms with Gasteiger partial charge in [-0.15, -0.1) is 0 Å². The lowest BCUT2D eigenvalue weighted by Gasteiger charge is -2.23. The molecule has 0 radical (unpaired) electrons. The molecule has 2 rings (SSSR count). The molecular weight excluding hydrogens is 222 g/mol. The molecule has 0 aliphatic carbocycles. The zero-order valence-electron chi connectivity index (χ0n) is 11.9. The largest absolute Gasteiger partial charge is 0.493 e. The molecule has 1 N–H and O–H groups in total. The highest BCUT2D eigenvalue weighted by atomic mass is 16.5. The van der Waals surface area contributed by atoms with Gasteiger partial charge in [0.15, 0.2) is 0 Å². The Bertz CT molecular complexity index is 394. The smallest absolute Gasteiger partial charge is 0.125 e. The Morgan fingerprint density at radius 3 is 2.50 bits per heavy atom. The summed E-state index contributed by atoms with van der Waals surface area (Å²) >= 11 is 0. The maximum absolute atomic E-state index is 6.03. The van der Waals surface area contributed by atoms with E-state index in [4.69, 9.17) is 4.74 Å². The van der Waals surface area contributed by atoms with Crippen LogP contribution < -0.4 is 10.1 Å². The summed E-state index contributed by atoms with van der Waals surface area (Å²) in [5, 5.41) is 3.41. The van der Waals surface area contributed by atoms with Gasteiger partial charge in [0.05, 0.1) is 6.61 Å². The Hall–Kier alpha value is -1.02. The highest BCUT2D eigenvalue weighted by Gasteiger charge is 2.13. The summed E-state index contributed by atoms with van der Waals surface area (Å²) < 4.78 is 6.03. The zero-order valence-corrected chi connectivity index (χ0v) is 11.9. The Balaban J connectivity index is 1.88. The van der Waals surface area contributed by atoms with Gasteiger partial charge in [-0.2, -0.15) is 0 Å². The van der Waals surface area contributed by atoms with Gasteiger partial charge in [0.1, 0.15) is 5.75 Å². The van der Waals surface area contributed by atoms with Crippen molar-refractivity contribution in [2.75, 3.05) is 19.7 Å². The maximum atomic E-state index is 6.03. The third kappa shape index (κ3) is 3.26. The maximum Gasteiger partial charge on any atom is 0.125 e. The molecule has 1 aromatic rings. The van der Waals surface area contributed by atoms with Crippen LogP contribution >= 0.6 is 0 Å². The van der Waals surface area contributed by atoms with Gasteiger partial charge in [0.2, 0.25) is 0 Å². The zero-order chi connectivity index (χ0) is 13.0. The minimum atomic E-state index is 0.844. The van der Waals surface area contributed by atoms with E-state index in [9.17, 15) is 0 Å². The summed E-state index contributed by atoms with van der Waals surface area (Å²) in [6, 6.07) is 4.33. The molecule has 0 saturated carbocycles. The van der Waals surface area contributed by atoms with Gasteiger partial charge in [-0.1, -0.05) is 12.1 Å². The van der Waals surface area contributed by atoms with E-state index >= 15 is 0 Å². The van der Waals surface area contributed by atoms with Gasteiger partial charge in [-0.3, -0.25) is 0 Å². The molecule has 0 spiro atoms. The molecule has 0 bridgehead atoms. The van der Waals surface area contributed by atoms with Crippen LogP contribution in [0.2, 0.25) is 0 Å². The topological polar surface area (TPSA) is 21.3 Å². The normalized spacial score (nSPS) is 16.8. The molecule has 1 fully saturated rings. The minimum Gasteiger partial charge on any atom is -0.493 e. The van der Waals surface area contributed by atoms with Crippen LogP contribution in [0.4, 0.5) is 0 Å². The van der Waals surface area contributed by atoms with Crippen LogP contribution in [0.5, 0.6) is 5.75 Å². The van der Waals surface area contributed by atoms with Crippen molar-refractivity contribution in [1.29, 1.82) is 0 Å². The molecule has 1 heterocycles. The first kappa shape index (κ1) is 13.4. The molecule has 0 aromatic heterocycles. The fraction of sp³-hybridized carbons (Fsp3) is 0.625. The molecule has 2 heteroatoms. The number of hydrogen-bond donors (Lipinski definition) is 1. The van der Waals surface area contributed by atoms with Gasteiger partial charge >= 0.3 is 0 Å². The summed E-state index contributed by atoms with van der Waals surface area (Å²) in [6.45, 7) is 9.64. The first-order chi connectivity index (χ1) is 8.68. The number of piperidine rings is 1. The predicted molar refractivity (Wildman–Crippen MR) is 76.4 cm³/mol. The van der Waals surface area contributed by atoms with E-state index in [1.165, 1.54) is 49.0 Å². The van der Waals surface area contributed by atoms with Gasteiger partial charge in [-0.25, -0.2) is 0 Å². The highest BCUT2D eigenvalue weighted by molar-refractivity contribution is 5.44. The van der Waals surface area contributed by atoms with Crippen LogP contribution in [0.3, 0.4) is 0 Å². The van der Waals surface area contributed by atoms with Crippen molar-refractivity contribution in [2.24, 2.45) is 5.92 Å². The standard InChI is InChI=1S/C16H25NO/c1-12-4-5-13(2)16(14(12)3)18-11-8-15-6-9-17-10-7-15/h4-5,15,17H,6-11H2,1-3H3. The SMILES string of the molecule is Cc1ccc(C)c(OCCC2CCNCC2)c1C. The van der Waals surface area contributed by atoms with E-state index in [0.717, 1.165) is 18.3 Å². The van der Waals surface area contributed by atoms with E-state index in [-0.39, 0.29) is 0 Å². The fourth-order valence-corrected chi connectivity index (χ4v) is 2.65. The van der Waals surface area contributed by atoms with Crippen LogP contribution in [-0.4, -0.2) is 19.7 Å². The molecule has 0 amide bonds. The molecule has 2 nitrogen and oxygen atoms in total. The van der Waals surface area contributed by atoms with Gasteiger partial charge in [0, 0.05) is 0 Å². The van der Waals surface area contributed by atoms with Crippen LogP contribution in [-0.2, 0) is 0 Å². The Morgan fingerprint density at radius 2 is 1.78 bits per heavy atom. The lowest BCUT2D eigenvalue weighted by molar-refractivity contribution is 0.249. The fourth-order valence-electron chi connectivity index (χ4n) is 2.65. The van der Waals surface area contributed by atoms with Crippen molar-refractivity contribution in [3.8, 4) is 5.75 Å². The Labute approximate surface area is 111 Å². The van der Waals surface area contributed by atoms with Gasteiger partial charge in [0.25, 0.3) is 0 Å². The van der Waals surface area contributed by atoms with Crippen LogP contribution in [0.1, 0.15) is 36.0 Å². The lowest BCUT2D eigenvalue weighted by Crippen LogP contribution is -2.28. The summed E-state index contributed by atoms with van der Waals surface area (Å²) in [7, 11) is 0. The molecule has 1 aliphatic heterocycles. The third-order valence-corrected chi connectivity index (χ3v) is 4.10. The number of benzene rings is 1.